The van der Waals surface area contributed by atoms with Gasteiger partial charge in [0.15, 0.2) is 0 Å². The van der Waals surface area contributed by atoms with Crippen LogP contribution in [0.5, 0.6) is 0 Å². The van der Waals surface area contributed by atoms with Gasteiger partial charge in [-0.25, -0.2) is 0 Å². The summed E-state index contributed by atoms with van der Waals surface area (Å²) in [5.41, 5.74) is 1.85. The van der Waals surface area contributed by atoms with E-state index in [0.29, 0.717) is 5.54 Å². The number of allylic oxidation sites excluding steroid dienone is 1. The highest BCUT2D eigenvalue weighted by molar-refractivity contribution is 6.77. The monoisotopic (exact) mass is 224 g/mol. The number of benzene rings is 1. The van der Waals surface area contributed by atoms with E-state index in [2.05, 4.69) is 44.4 Å². The molecule has 14 heavy (non-hydrogen) atoms. The molecular formula is C12H17ClSi. The van der Waals surface area contributed by atoms with Crippen LogP contribution < -0.4 is 0 Å². The smallest absolute Gasteiger partial charge is 0.0565 e. The molecule has 1 aromatic rings. The maximum atomic E-state index is 5.86. The van der Waals surface area contributed by atoms with Gasteiger partial charge in [-0.3, -0.25) is 0 Å². The Morgan fingerprint density at radius 2 is 1.71 bits per heavy atom. The zero-order valence-electron chi connectivity index (χ0n) is 9.05. The maximum absolute atomic E-state index is 5.86. The summed E-state index contributed by atoms with van der Waals surface area (Å²) in [4.78, 5) is 0. The largest absolute Gasteiger partial charge is 0.103 e. The molecule has 76 valence electrons. The molecule has 0 aliphatic heterocycles. The Morgan fingerprint density at radius 1 is 1.21 bits per heavy atom. The molecule has 0 aliphatic rings. The fraction of sp³-hybridized carbons (Fsp3) is 0.333. The van der Waals surface area contributed by atoms with Gasteiger partial charge in [0.25, 0.3) is 0 Å². The second-order valence-electron chi connectivity index (χ2n) is 4.63. The summed E-state index contributed by atoms with van der Waals surface area (Å²) in [5, 5.41) is 0.798. The van der Waals surface area contributed by atoms with Gasteiger partial charge in [0.05, 0.1) is 8.07 Å². The molecule has 0 saturated carbocycles. The molecule has 0 amide bonds. The van der Waals surface area contributed by atoms with Crippen molar-refractivity contribution in [2.45, 2.75) is 25.2 Å². The summed E-state index contributed by atoms with van der Waals surface area (Å²) >= 11 is 5.86. The number of halogens is 1. The van der Waals surface area contributed by atoms with Crippen molar-refractivity contribution in [2.75, 3.05) is 0 Å². The van der Waals surface area contributed by atoms with Gasteiger partial charge in [-0.05, 0) is 23.2 Å². The molecule has 1 rings (SSSR count). The first-order valence-electron chi connectivity index (χ1n) is 4.83. The van der Waals surface area contributed by atoms with Gasteiger partial charge in [-0.2, -0.15) is 0 Å². The Balaban J connectivity index is 3.02. The lowest BCUT2D eigenvalue weighted by Gasteiger charge is -2.26. The minimum atomic E-state index is -1.21. The molecule has 0 nitrogen and oxygen atoms in total. The third-order valence-electron chi connectivity index (χ3n) is 2.40. The van der Waals surface area contributed by atoms with E-state index in [-0.39, 0.29) is 0 Å². The molecule has 0 fully saturated rings. The predicted molar refractivity (Wildman–Crippen MR) is 67.7 cm³/mol. The van der Waals surface area contributed by atoms with Crippen LogP contribution in [0.25, 0.3) is 0 Å². The highest BCUT2D eigenvalue weighted by atomic mass is 35.5. The molecule has 0 N–H and O–H groups in total. The summed E-state index contributed by atoms with van der Waals surface area (Å²) < 4.78 is 0. The molecule has 0 radical (unpaired) electrons. The maximum Gasteiger partial charge on any atom is 0.0565 e. The Morgan fingerprint density at radius 3 is 2.07 bits per heavy atom. The molecule has 1 unspecified atom stereocenters. The SMILES string of the molecule is C=CC(c1ccc(Cl)cc1)[Si](C)(C)C. The molecule has 0 heterocycles. The summed E-state index contributed by atoms with van der Waals surface area (Å²) in [5.74, 6) is 0. The first kappa shape index (κ1) is 11.5. The Kier molecular flexibility index (Phi) is 3.57. The molecular weight excluding hydrogens is 208 g/mol. The average Bonchev–Trinajstić information content (AvgIpc) is 2.07. The highest BCUT2D eigenvalue weighted by Gasteiger charge is 2.25. The second kappa shape index (κ2) is 4.33. The number of rotatable bonds is 3. The predicted octanol–water partition coefficient (Wildman–Crippen LogP) is 4.49. The number of hydrogen-bond acceptors (Lipinski definition) is 0. The van der Waals surface area contributed by atoms with Crippen LogP contribution in [0.15, 0.2) is 36.9 Å². The van der Waals surface area contributed by atoms with E-state index >= 15 is 0 Å². The van der Waals surface area contributed by atoms with Crippen LogP contribution in [0.2, 0.25) is 24.7 Å². The van der Waals surface area contributed by atoms with E-state index in [0.717, 1.165) is 5.02 Å². The minimum Gasteiger partial charge on any atom is -0.103 e. The lowest BCUT2D eigenvalue weighted by Crippen LogP contribution is -2.29. The molecule has 0 aromatic heterocycles. The van der Waals surface area contributed by atoms with Gasteiger partial charge >= 0.3 is 0 Å². The van der Waals surface area contributed by atoms with Gasteiger partial charge in [0.1, 0.15) is 0 Å². The fourth-order valence-corrected chi connectivity index (χ4v) is 3.69. The zero-order chi connectivity index (χ0) is 10.8. The van der Waals surface area contributed by atoms with Crippen molar-refractivity contribution in [3.05, 3.63) is 47.5 Å². The van der Waals surface area contributed by atoms with Crippen molar-refractivity contribution >= 4 is 19.7 Å². The van der Waals surface area contributed by atoms with Crippen molar-refractivity contribution in [1.82, 2.24) is 0 Å². The molecule has 0 aliphatic carbocycles. The highest BCUT2D eigenvalue weighted by Crippen LogP contribution is 2.28. The lowest BCUT2D eigenvalue weighted by atomic mass is 10.1. The first-order chi connectivity index (χ1) is 6.45. The molecule has 0 saturated heterocycles. The van der Waals surface area contributed by atoms with E-state index in [9.17, 15) is 0 Å². The molecule has 0 bridgehead atoms. The van der Waals surface area contributed by atoms with E-state index in [1.807, 2.05) is 12.1 Å². The minimum absolute atomic E-state index is 0.514. The topological polar surface area (TPSA) is 0 Å². The van der Waals surface area contributed by atoms with Crippen LogP contribution in [-0.2, 0) is 0 Å². The first-order valence-corrected chi connectivity index (χ1v) is 8.78. The zero-order valence-corrected chi connectivity index (χ0v) is 10.8. The third kappa shape index (κ3) is 2.73. The quantitative estimate of drug-likeness (QED) is 0.525. The van der Waals surface area contributed by atoms with Crippen molar-refractivity contribution in [3.8, 4) is 0 Å². The van der Waals surface area contributed by atoms with Crippen LogP contribution >= 0.6 is 11.6 Å². The standard InChI is InChI=1S/C12H17ClSi/c1-5-12(14(2,3)4)10-6-8-11(13)9-7-10/h5-9,12H,1H2,2-4H3. The summed E-state index contributed by atoms with van der Waals surface area (Å²) in [6.07, 6.45) is 2.06. The average molecular weight is 225 g/mol. The van der Waals surface area contributed by atoms with Crippen molar-refractivity contribution in [3.63, 3.8) is 0 Å². The van der Waals surface area contributed by atoms with Crippen LogP contribution in [0, 0.1) is 0 Å². The van der Waals surface area contributed by atoms with Crippen LogP contribution in [-0.4, -0.2) is 8.07 Å². The van der Waals surface area contributed by atoms with Gasteiger partial charge < -0.3 is 0 Å². The van der Waals surface area contributed by atoms with Gasteiger partial charge in [-0.15, -0.1) is 6.58 Å². The Labute approximate surface area is 92.6 Å². The molecule has 2 heteroatoms. The molecule has 1 atom stereocenters. The summed E-state index contributed by atoms with van der Waals surface area (Å²) in [6, 6.07) is 8.11. The lowest BCUT2D eigenvalue weighted by molar-refractivity contribution is 1.14. The van der Waals surface area contributed by atoms with Gasteiger partial charge in [0, 0.05) is 5.02 Å². The second-order valence-corrected chi connectivity index (χ2v) is 10.4. The van der Waals surface area contributed by atoms with Crippen molar-refractivity contribution in [1.29, 1.82) is 0 Å². The van der Waals surface area contributed by atoms with Crippen molar-refractivity contribution < 1.29 is 0 Å². The third-order valence-corrected chi connectivity index (χ3v) is 5.08. The fourth-order valence-electron chi connectivity index (χ4n) is 1.66. The van der Waals surface area contributed by atoms with Crippen LogP contribution in [0.3, 0.4) is 0 Å². The van der Waals surface area contributed by atoms with Gasteiger partial charge in [-0.1, -0.05) is 49.5 Å². The molecule has 1 aromatic carbocycles. The van der Waals surface area contributed by atoms with Gasteiger partial charge in [0.2, 0.25) is 0 Å². The van der Waals surface area contributed by atoms with E-state index in [1.165, 1.54) is 5.56 Å². The Bertz CT molecular complexity index is 308. The van der Waals surface area contributed by atoms with E-state index in [4.69, 9.17) is 11.6 Å². The van der Waals surface area contributed by atoms with Crippen LogP contribution in [0.1, 0.15) is 11.1 Å². The van der Waals surface area contributed by atoms with E-state index < -0.39 is 8.07 Å². The van der Waals surface area contributed by atoms with Crippen molar-refractivity contribution in [2.24, 2.45) is 0 Å². The Hall–Kier alpha value is -0.533. The molecule has 0 spiro atoms. The normalized spacial score (nSPS) is 13.7. The number of hydrogen-bond donors (Lipinski definition) is 0. The van der Waals surface area contributed by atoms with E-state index in [1.54, 1.807) is 0 Å². The van der Waals surface area contributed by atoms with Crippen LogP contribution in [0.4, 0.5) is 0 Å². The summed E-state index contributed by atoms with van der Waals surface area (Å²) in [7, 11) is -1.21. The summed E-state index contributed by atoms with van der Waals surface area (Å²) in [6.45, 7) is 11.0.